The highest BCUT2D eigenvalue weighted by Crippen LogP contribution is 2.43. The summed E-state index contributed by atoms with van der Waals surface area (Å²) in [5, 5.41) is 22.0. The van der Waals surface area contributed by atoms with Crippen molar-refractivity contribution >= 4 is 25.7 Å². The van der Waals surface area contributed by atoms with Gasteiger partial charge in [-0.05, 0) is 44.9 Å². The average Bonchev–Trinajstić information content (AvgIpc) is 3.28. The second kappa shape index (κ2) is 48.4. The largest absolute Gasteiger partial charge is 0.480 e. The molecular weight excluding hydrogens is 842 g/mol. The van der Waals surface area contributed by atoms with Gasteiger partial charge in [-0.3, -0.25) is 18.6 Å². The number of carboxylic acids is 1. The van der Waals surface area contributed by atoms with Crippen LogP contribution in [0.5, 0.6) is 0 Å². The van der Waals surface area contributed by atoms with Gasteiger partial charge in [0, 0.05) is 12.8 Å². The molecule has 0 aliphatic heterocycles. The van der Waals surface area contributed by atoms with E-state index in [4.69, 9.17) is 13.8 Å². The smallest absolute Gasteiger partial charge is 0.472 e. The number of rotatable bonds is 51. The number of carbonyl (C=O) groups is 3. The maximum Gasteiger partial charge on any atom is 0.472 e. The van der Waals surface area contributed by atoms with Crippen molar-refractivity contribution in [3.8, 4) is 0 Å². The summed E-state index contributed by atoms with van der Waals surface area (Å²) in [5.41, 5.74) is 0. The summed E-state index contributed by atoms with van der Waals surface area (Å²) in [4.78, 5) is 46.2. The zero-order chi connectivity index (χ0) is 47.7. The minimum absolute atomic E-state index is 0.151. The van der Waals surface area contributed by atoms with Crippen molar-refractivity contribution in [1.29, 1.82) is 0 Å². The SMILES string of the molecule is CCCCC/C=C\C/C=C\CCCCCCCCCCCC(=O)OCC(O)COP(=O)(O)OCC(NC(=O)CCCCCCCCCCCCCCCCCCCCCCCC)C(=O)O. The third-order valence-corrected chi connectivity index (χ3v) is 12.9. The van der Waals surface area contributed by atoms with Gasteiger partial charge in [0.2, 0.25) is 5.91 Å². The number of aliphatic hydroxyl groups is 1. The van der Waals surface area contributed by atoms with E-state index in [0.717, 1.165) is 51.4 Å². The Kier molecular flexibility index (Phi) is 46.9. The first-order chi connectivity index (χ1) is 31.6. The number of amides is 1. The number of unbranched alkanes of at least 4 members (excludes halogenated alkanes) is 33. The first-order valence-corrected chi connectivity index (χ1v) is 28.4. The molecule has 0 aromatic heterocycles. The molecule has 0 aromatic rings. The zero-order valence-corrected chi connectivity index (χ0v) is 42.7. The number of aliphatic carboxylic acids is 1. The molecule has 0 aliphatic carbocycles. The van der Waals surface area contributed by atoms with Crippen molar-refractivity contribution in [2.24, 2.45) is 0 Å². The number of hydrogen-bond donors (Lipinski definition) is 4. The van der Waals surface area contributed by atoms with E-state index in [1.54, 1.807) is 0 Å². The molecule has 382 valence electrons. The van der Waals surface area contributed by atoms with Gasteiger partial charge in [0.15, 0.2) is 6.04 Å². The Morgan fingerprint density at radius 2 is 0.846 bits per heavy atom. The molecule has 4 N–H and O–H groups in total. The molecule has 0 saturated carbocycles. The van der Waals surface area contributed by atoms with Crippen LogP contribution in [0.1, 0.15) is 264 Å². The summed E-state index contributed by atoms with van der Waals surface area (Å²) < 4.78 is 27.0. The highest BCUT2D eigenvalue weighted by atomic mass is 31.2. The number of esters is 1. The van der Waals surface area contributed by atoms with Gasteiger partial charge in [-0.15, -0.1) is 0 Å². The topological polar surface area (TPSA) is 169 Å². The van der Waals surface area contributed by atoms with Gasteiger partial charge < -0.3 is 25.2 Å². The van der Waals surface area contributed by atoms with Gasteiger partial charge in [-0.2, -0.15) is 0 Å². The number of phosphoric ester groups is 1. The van der Waals surface area contributed by atoms with E-state index < -0.39 is 57.6 Å². The van der Waals surface area contributed by atoms with Crippen LogP contribution in [-0.4, -0.2) is 64.9 Å². The van der Waals surface area contributed by atoms with Crippen LogP contribution < -0.4 is 5.32 Å². The van der Waals surface area contributed by atoms with Crippen LogP contribution >= 0.6 is 7.82 Å². The number of hydrogen-bond acceptors (Lipinski definition) is 8. The number of carboxylic acid groups (broad SMARTS) is 1. The van der Waals surface area contributed by atoms with Crippen LogP contribution in [0, 0.1) is 0 Å². The first-order valence-electron chi connectivity index (χ1n) is 26.9. The summed E-state index contributed by atoms with van der Waals surface area (Å²) in [7, 11) is -4.76. The first kappa shape index (κ1) is 63.0. The predicted octanol–water partition coefficient (Wildman–Crippen LogP) is 15.0. The Bertz CT molecular complexity index is 1200. The molecule has 0 radical (unpaired) electrons. The van der Waals surface area contributed by atoms with E-state index >= 15 is 0 Å². The van der Waals surface area contributed by atoms with Crippen molar-refractivity contribution in [3.05, 3.63) is 24.3 Å². The molecule has 0 rings (SSSR count). The minimum Gasteiger partial charge on any atom is -0.480 e. The molecule has 0 spiro atoms. The van der Waals surface area contributed by atoms with Crippen molar-refractivity contribution in [2.45, 2.75) is 276 Å². The van der Waals surface area contributed by atoms with Gasteiger partial charge >= 0.3 is 19.8 Å². The van der Waals surface area contributed by atoms with Crippen molar-refractivity contribution in [1.82, 2.24) is 5.32 Å². The van der Waals surface area contributed by atoms with Gasteiger partial charge in [0.25, 0.3) is 0 Å². The Morgan fingerprint density at radius 3 is 1.28 bits per heavy atom. The van der Waals surface area contributed by atoms with Crippen molar-refractivity contribution in [2.75, 3.05) is 19.8 Å². The highest BCUT2D eigenvalue weighted by Gasteiger charge is 2.28. The number of ether oxygens (including phenoxy) is 1. The lowest BCUT2D eigenvalue weighted by molar-refractivity contribution is -0.147. The quantitative estimate of drug-likeness (QED) is 0.0199. The number of allylic oxidation sites excluding steroid dienone is 4. The molecule has 0 aliphatic rings. The standard InChI is InChI=1S/C53H100NO10P/c1-3-5-7-9-11-13-15-17-19-21-23-24-25-27-28-30-32-34-36-38-40-42-44-51(56)54-50(53(58)59)48-64-65(60,61)63-47-49(55)46-62-52(57)45-43-41-39-37-35-33-31-29-26-22-20-18-16-14-12-10-8-6-4-2/h12,14,18,20,49-50,55H,3-11,13,15-17,19,21-48H2,1-2H3,(H,54,56)(H,58,59)(H,60,61)/b14-12-,20-18-. The fourth-order valence-corrected chi connectivity index (χ4v) is 8.59. The fourth-order valence-electron chi connectivity index (χ4n) is 7.82. The van der Waals surface area contributed by atoms with Crippen LogP contribution in [0.4, 0.5) is 0 Å². The van der Waals surface area contributed by atoms with E-state index in [-0.39, 0.29) is 12.8 Å². The summed E-state index contributed by atoms with van der Waals surface area (Å²) in [6.07, 6.45) is 53.4. The molecule has 65 heavy (non-hydrogen) atoms. The van der Waals surface area contributed by atoms with E-state index in [1.165, 1.54) is 173 Å². The third-order valence-electron chi connectivity index (χ3n) is 12.0. The summed E-state index contributed by atoms with van der Waals surface area (Å²) in [5.74, 6) is -2.36. The Morgan fingerprint density at radius 1 is 0.492 bits per heavy atom. The predicted molar refractivity (Wildman–Crippen MR) is 268 cm³/mol. The van der Waals surface area contributed by atoms with Gasteiger partial charge in [0.1, 0.15) is 12.7 Å². The van der Waals surface area contributed by atoms with Crippen molar-refractivity contribution in [3.63, 3.8) is 0 Å². The monoisotopic (exact) mass is 942 g/mol. The van der Waals surface area contributed by atoms with Gasteiger partial charge in [0.05, 0.1) is 13.2 Å². The van der Waals surface area contributed by atoms with Crippen LogP contribution in [-0.2, 0) is 32.7 Å². The average molecular weight is 942 g/mol. The van der Waals surface area contributed by atoms with Crippen LogP contribution in [0.3, 0.4) is 0 Å². The lowest BCUT2D eigenvalue weighted by Crippen LogP contribution is -2.43. The summed E-state index contributed by atoms with van der Waals surface area (Å²) >= 11 is 0. The highest BCUT2D eigenvalue weighted by molar-refractivity contribution is 7.47. The van der Waals surface area contributed by atoms with Gasteiger partial charge in [-0.25, -0.2) is 9.36 Å². The molecule has 0 fully saturated rings. The Labute approximate surface area is 398 Å². The molecule has 0 heterocycles. The van der Waals surface area contributed by atoms with E-state index in [0.29, 0.717) is 12.8 Å². The number of phosphoric acid groups is 1. The van der Waals surface area contributed by atoms with Crippen LogP contribution in [0.15, 0.2) is 24.3 Å². The lowest BCUT2D eigenvalue weighted by Gasteiger charge is -2.18. The van der Waals surface area contributed by atoms with Gasteiger partial charge in [-0.1, -0.05) is 231 Å². The maximum atomic E-state index is 12.4. The van der Waals surface area contributed by atoms with E-state index in [1.807, 2.05) is 0 Å². The van der Waals surface area contributed by atoms with Crippen LogP contribution in [0.25, 0.3) is 0 Å². The fraction of sp³-hybridized carbons (Fsp3) is 0.868. The Hall–Kier alpha value is -2.04. The second-order valence-electron chi connectivity index (χ2n) is 18.4. The molecule has 0 bridgehead atoms. The number of nitrogens with one attached hydrogen (secondary N) is 1. The maximum absolute atomic E-state index is 12.4. The van der Waals surface area contributed by atoms with E-state index in [2.05, 4.69) is 43.5 Å². The minimum atomic E-state index is -4.76. The zero-order valence-electron chi connectivity index (χ0n) is 41.8. The van der Waals surface area contributed by atoms with Crippen LogP contribution in [0.2, 0.25) is 0 Å². The Balaban J connectivity index is 3.78. The molecule has 3 atom stereocenters. The summed E-state index contributed by atoms with van der Waals surface area (Å²) in [6, 6.07) is -1.54. The molecule has 11 nitrogen and oxygen atoms in total. The molecule has 0 aromatic carbocycles. The molecule has 3 unspecified atom stereocenters. The third kappa shape index (κ3) is 48.2. The molecule has 0 saturated heterocycles. The van der Waals surface area contributed by atoms with Crippen molar-refractivity contribution < 1.29 is 47.8 Å². The second-order valence-corrected chi connectivity index (χ2v) is 19.9. The van der Waals surface area contributed by atoms with E-state index in [9.17, 15) is 34.1 Å². The molecule has 12 heteroatoms. The molecular formula is C53H100NO10P. The molecule has 1 amide bonds. The number of aliphatic hydroxyl groups excluding tert-OH is 1. The number of carbonyl (C=O) groups excluding carboxylic acids is 2. The summed E-state index contributed by atoms with van der Waals surface area (Å²) in [6.45, 7) is 2.62. The lowest BCUT2D eigenvalue weighted by atomic mass is 10.0. The normalized spacial score (nSPS) is 13.7.